The van der Waals surface area contributed by atoms with E-state index in [1.165, 1.54) is 12.1 Å². The Bertz CT molecular complexity index is 682. The Labute approximate surface area is 117 Å². The van der Waals surface area contributed by atoms with Gasteiger partial charge < -0.3 is 10.2 Å². The SMILES string of the molecule is O=C1C2=C(C(=O)c3ccccc31)C(O)(O)CC=C2Br. The van der Waals surface area contributed by atoms with Crippen LogP contribution in [0.3, 0.4) is 0 Å². The van der Waals surface area contributed by atoms with Crippen molar-refractivity contribution in [3.8, 4) is 0 Å². The summed E-state index contributed by atoms with van der Waals surface area (Å²) in [5, 5.41) is 19.9. The third-order valence-corrected chi connectivity index (χ3v) is 4.05. The van der Waals surface area contributed by atoms with Gasteiger partial charge >= 0.3 is 0 Å². The predicted octanol–water partition coefficient (Wildman–Crippen LogP) is 1.73. The quantitative estimate of drug-likeness (QED) is 0.714. The van der Waals surface area contributed by atoms with E-state index in [0.717, 1.165) is 0 Å². The summed E-state index contributed by atoms with van der Waals surface area (Å²) in [5.41, 5.74) is 0.292. The molecule has 1 aromatic rings. The van der Waals surface area contributed by atoms with Crippen LogP contribution < -0.4 is 0 Å². The monoisotopic (exact) mass is 320 g/mol. The van der Waals surface area contributed by atoms with Gasteiger partial charge in [0.15, 0.2) is 17.4 Å². The van der Waals surface area contributed by atoms with Crippen molar-refractivity contribution in [1.82, 2.24) is 0 Å². The van der Waals surface area contributed by atoms with Gasteiger partial charge in [0.05, 0.1) is 5.57 Å². The minimum atomic E-state index is -2.30. The Morgan fingerprint density at radius 3 is 2.26 bits per heavy atom. The molecule has 0 bridgehead atoms. The molecule has 0 unspecified atom stereocenters. The lowest BCUT2D eigenvalue weighted by molar-refractivity contribution is -0.123. The molecule has 96 valence electrons. The molecule has 2 aliphatic carbocycles. The van der Waals surface area contributed by atoms with E-state index in [2.05, 4.69) is 15.9 Å². The molecule has 0 saturated carbocycles. The summed E-state index contributed by atoms with van der Waals surface area (Å²) in [6.07, 6.45) is 1.35. The molecule has 1 aromatic carbocycles. The first kappa shape index (κ1) is 12.5. The standard InChI is InChI=1S/C14H9BrO4/c15-9-5-6-14(18,19)11-10(9)12(16)7-3-1-2-4-8(7)13(11)17/h1-5,18-19H,6H2. The van der Waals surface area contributed by atoms with E-state index < -0.39 is 11.6 Å². The highest BCUT2D eigenvalue weighted by Crippen LogP contribution is 2.41. The van der Waals surface area contributed by atoms with Gasteiger partial charge in [-0.1, -0.05) is 46.3 Å². The molecular weight excluding hydrogens is 312 g/mol. The molecule has 0 fully saturated rings. The van der Waals surface area contributed by atoms with Crippen LogP contribution in [0.5, 0.6) is 0 Å². The molecule has 0 aliphatic heterocycles. The number of fused-ring (bicyclic) bond motifs is 1. The van der Waals surface area contributed by atoms with Crippen molar-refractivity contribution in [2.45, 2.75) is 12.2 Å². The maximum Gasteiger partial charge on any atom is 0.198 e. The summed E-state index contributed by atoms with van der Waals surface area (Å²) in [5.74, 6) is -3.19. The second kappa shape index (κ2) is 3.96. The molecule has 0 spiro atoms. The van der Waals surface area contributed by atoms with E-state index in [1.54, 1.807) is 18.2 Å². The van der Waals surface area contributed by atoms with Gasteiger partial charge in [0, 0.05) is 27.6 Å². The minimum Gasteiger partial charge on any atom is -0.362 e. The fourth-order valence-corrected chi connectivity index (χ4v) is 2.96. The summed E-state index contributed by atoms with van der Waals surface area (Å²) >= 11 is 3.21. The molecule has 0 atom stereocenters. The van der Waals surface area contributed by atoms with E-state index in [9.17, 15) is 19.8 Å². The minimum absolute atomic E-state index is 0.0416. The zero-order valence-corrected chi connectivity index (χ0v) is 11.3. The van der Waals surface area contributed by atoms with Crippen LogP contribution in [0.2, 0.25) is 0 Å². The lowest BCUT2D eigenvalue weighted by Crippen LogP contribution is -2.41. The number of Topliss-reactive ketones (excluding diaryl/α,β-unsaturated/α-hetero) is 2. The van der Waals surface area contributed by atoms with Crippen molar-refractivity contribution in [2.24, 2.45) is 0 Å². The lowest BCUT2D eigenvalue weighted by atomic mass is 9.77. The molecule has 19 heavy (non-hydrogen) atoms. The van der Waals surface area contributed by atoms with Crippen LogP contribution in [0, 0.1) is 0 Å². The summed E-state index contributed by atoms with van der Waals surface area (Å²) in [6, 6.07) is 6.38. The number of ketones is 2. The number of allylic oxidation sites excluding steroid dienone is 2. The third kappa shape index (κ3) is 1.66. The number of hydrogen-bond donors (Lipinski definition) is 2. The number of rotatable bonds is 0. The number of halogens is 1. The third-order valence-electron chi connectivity index (χ3n) is 3.33. The second-order valence-corrected chi connectivity index (χ2v) is 5.38. The average molecular weight is 321 g/mol. The highest BCUT2D eigenvalue weighted by Gasteiger charge is 2.45. The number of hydrogen-bond acceptors (Lipinski definition) is 4. The molecule has 0 aromatic heterocycles. The van der Waals surface area contributed by atoms with Crippen LogP contribution in [-0.2, 0) is 0 Å². The number of benzene rings is 1. The number of carbonyl (C=O) groups is 2. The second-order valence-electron chi connectivity index (χ2n) is 4.53. The highest BCUT2D eigenvalue weighted by atomic mass is 79.9. The van der Waals surface area contributed by atoms with Gasteiger partial charge in [-0.25, -0.2) is 0 Å². The zero-order chi connectivity index (χ0) is 13.8. The normalized spacial score (nSPS) is 20.9. The first-order valence-electron chi connectivity index (χ1n) is 5.67. The van der Waals surface area contributed by atoms with Crippen LogP contribution in [0.1, 0.15) is 27.1 Å². The van der Waals surface area contributed by atoms with Gasteiger partial charge in [-0.3, -0.25) is 9.59 Å². The maximum atomic E-state index is 12.4. The molecule has 2 N–H and O–H groups in total. The van der Waals surface area contributed by atoms with Gasteiger partial charge in [0.25, 0.3) is 0 Å². The number of carbonyl (C=O) groups excluding carboxylic acids is 2. The first-order chi connectivity index (χ1) is 8.93. The predicted molar refractivity (Wildman–Crippen MR) is 70.9 cm³/mol. The van der Waals surface area contributed by atoms with E-state index in [1.807, 2.05) is 0 Å². The summed E-state index contributed by atoms with van der Waals surface area (Å²) in [6.45, 7) is 0. The fourth-order valence-electron chi connectivity index (χ4n) is 2.42. The van der Waals surface area contributed by atoms with E-state index in [4.69, 9.17) is 0 Å². The van der Waals surface area contributed by atoms with Crippen LogP contribution in [0.25, 0.3) is 0 Å². The van der Waals surface area contributed by atoms with Crippen molar-refractivity contribution < 1.29 is 19.8 Å². The maximum absolute atomic E-state index is 12.4. The summed E-state index contributed by atoms with van der Waals surface area (Å²) in [4.78, 5) is 24.8. The highest BCUT2D eigenvalue weighted by molar-refractivity contribution is 9.12. The van der Waals surface area contributed by atoms with Gasteiger partial charge in [-0.2, -0.15) is 0 Å². The van der Waals surface area contributed by atoms with Gasteiger partial charge in [-0.15, -0.1) is 0 Å². The Kier molecular flexibility index (Phi) is 2.60. The molecule has 4 nitrogen and oxygen atoms in total. The molecular formula is C14H9BrO4. The van der Waals surface area contributed by atoms with Gasteiger partial charge in [0.2, 0.25) is 0 Å². The largest absolute Gasteiger partial charge is 0.362 e. The molecule has 0 heterocycles. The fraction of sp³-hybridized carbons (Fsp3) is 0.143. The summed E-state index contributed by atoms with van der Waals surface area (Å²) in [7, 11) is 0. The van der Waals surface area contributed by atoms with Crippen molar-refractivity contribution in [1.29, 1.82) is 0 Å². The van der Waals surface area contributed by atoms with Gasteiger partial charge in [-0.05, 0) is 0 Å². The number of aliphatic hydroxyl groups is 2. The van der Waals surface area contributed by atoms with Crippen LogP contribution in [0.15, 0.2) is 46.0 Å². The van der Waals surface area contributed by atoms with Crippen molar-refractivity contribution in [3.05, 3.63) is 57.1 Å². The van der Waals surface area contributed by atoms with Crippen molar-refractivity contribution in [3.63, 3.8) is 0 Å². The first-order valence-corrected chi connectivity index (χ1v) is 6.47. The van der Waals surface area contributed by atoms with Gasteiger partial charge in [0.1, 0.15) is 0 Å². The molecule has 0 amide bonds. The molecule has 5 heteroatoms. The zero-order valence-electron chi connectivity index (χ0n) is 9.68. The van der Waals surface area contributed by atoms with Crippen molar-refractivity contribution in [2.75, 3.05) is 0 Å². The molecule has 3 rings (SSSR count). The molecule has 0 radical (unpaired) electrons. The Morgan fingerprint density at radius 1 is 1.05 bits per heavy atom. The molecule has 0 saturated heterocycles. The Morgan fingerprint density at radius 2 is 1.63 bits per heavy atom. The van der Waals surface area contributed by atoms with Crippen LogP contribution in [-0.4, -0.2) is 27.6 Å². The van der Waals surface area contributed by atoms with E-state index in [0.29, 0.717) is 4.48 Å². The Hall–Kier alpha value is -1.56. The smallest absolute Gasteiger partial charge is 0.198 e. The molecule has 2 aliphatic rings. The van der Waals surface area contributed by atoms with E-state index in [-0.39, 0.29) is 34.5 Å². The van der Waals surface area contributed by atoms with Crippen LogP contribution in [0.4, 0.5) is 0 Å². The Balaban J connectivity index is 2.33. The summed E-state index contributed by atoms with van der Waals surface area (Å²) < 4.78 is 0.425. The van der Waals surface area contributed by atoms with E-state index >= 15 is 0 Å². The topological polar surface area (TPSA) is 74.6 Å². The average Bonchev–Trinajstić information content (AvgIpc) is 2.39. The van der Waals surface area contributed by atoms with Crippen molar-refractivity contribution >= 4 is 27.5 Å². The van der Waals surface area contributed by atoms with Crippen LogP contribution >= 0.6 is 15.9 Å². The lowest BCUT2D eigenvalue weighted by Gasteiger charge is -2.32.